The number of nitrogens with zero attached hydrogens (tertiary/aromatic N) is 1. The number of aliphatic hydroxyl groups excluding tert-OH is 1. The molecule has 0 saturated heterocycles. The fourth-order valence-corrected chi connectivity index (χ4v) is 2.46. The van der Waals surface area contributed by atoms with Gasteiger partial charge in [-0.25, -0.2) is 8.42 Å². The predicted molar refractivity (Wildman–Crippen MR) is 67.3 cm³/mol. The van der Waals surface area contributed by atoms with Crippen molar-refractivity contribution >= 4 is 9.84 Å². The average molecular weight is 251 g/mol. The molecule has 4 nitrogen and oxygen atoms in total. The van der Waals surface area contributed by atoms with Gasteiger partial charge >= 0.3 is 0 Å². The first kappa shape index (κ1) is 15.9. The van der Waals surface area contributed by atoms with Gasteiger partial charge in [0.25, 0.3) is 0 Å². The summed E-state index contributed by atoms with van der Waals surface area (Å²) in [5.74, 6) is 0.152. The number of hydrogen-bond acceptors (Lipinski definition) is 4. The second-order valence-corrected chi connectivity index (χ2v) is 6.70. The summed E-state index contributed by atoms with van der Waals surface area (Å²) in [5.41, 5.74) is 0. The van der Waals surface area contributed by atoms with Crippen LogP contribution in [0.25, 0.3) is 0 Å². The van der Waals surface area contributed by atoms with Crippen LogP contribution in [0.5, 0.6) is 0 Å². The average Bonchev–Trinajstić information content (AvgIpc) is 2.15. The highest BCUT2D eigenvalue weighted by Crippen LogP contribution is 2.11. The van der Waals surface area contributed by atoms with E-state index in [9.17, 15) is 13.5 Å². The van der Waals surface area contributed by atoms with E-state index >= 15 is 0 Å². The molecule has 5 heteroatoms. The predicted octanol–water partition coefficient (Wildman–Crippen LogP) is 0.902. The monoisotopic (exact) mass is 251 g/mol. The molecule has 0 radical (unpaired) electrons. The third-order valence-corrected chi connectivity index (χ3v) is 3.75. The molecule has 0 bridgehead atoms. The zero-order valence-corrected chi connectivity index (χ0v) is 11.6. The van der Waals surface area contributed by atoms with E-state index in [4.69, 9.17) is 0 Å². The summed E-state index contributed by atoms with van der Waals surface area (Å²) < 4.78 is 22.1. The summed E-state index contributed by atoms with van der Waals surface area (Å²) in [4.78, 5) is 1.95. The van der Waals surface area contributed by atoms with E-state index < -0.39 is 9.84 Å². The van der Waals surface area contributed by atoms with Crippen LogP contribution in [0, 0.1) is 0 Å². The Bertz CT molecular complexity index is 277. The van der Waals surface area contributed by atoms with Gasteiger partial charge in [-0.3, -0.25) is 4.90 Å². The maximum absolute atomic E-state index is 11.1. The molecule has 0 aromatic rings. The Hall–Kier alpha value is -0.130. The fourth-order valence-electron chi connectivity index (χ4n) is 1.84. The van der Waals surface area contributed by atoms with Crippen LogP contribution in [0.1, 0.15) is 33.1 Å². The van der Waals surface area contributed by atoms with Gasteiger partial charge in [-0.15, -0.1) is 0 Å². The highest BCUT2D eigenvalue weighted by atomic mass is 32.2. The maximum Gasteiger partial charge on any atom is 0.148 e. The van der Waals surface area contributed by atoms with Crippen LogP contribution in [0.2, 0.25) is 0 Å². The van der Waals surface area contributed by atoms with E-state index in [1.54, 1.807) is 0 Å². The van der Waals surface area contributed by atoms with Crippen LogP contribution >= 0.6 is 0 Å². The van der Waals surface area contributed by atoms with Crippen LogP contribution in [0.3, 0.4) is 0 Å². The summed E-state index contributed by atoms with van der Waals surface area (Å²) in [6.45, 7) is 4.53. The molecule has 0 aliphatic carbocycles. The highest BCUT2D eigenvalue weighted by molar-refractivity contribution is 7.90. The standard InChI is InChI=1S/C11H25NO3S/c1-5-7-11(13)10(6-2)12(3)8-9-16(4,14)15/h10-11,13H,5-9H2,1-4H3. The van der Waals surface area contributed by atoms with Gasteiger partial charge in [0.15, 0.2) is 0 Å². The number of rotatable bonds is 8. The van der Waals surface area contributed by atoms with Gasteiger partial charge in [0.05, 0.1) is 11.9 Å². The minimum absolute atomic E-state index is 0.0571. The Morgan fingerprint density at radius 2 is 1.88 bits per heavy atom. The van der Waals surface area contributed by atoms with Crippen molar-refractivity contribution in [2.75, 3.05) is 25.6 Å². The molecule has 2 atom stereocenters. The Kier molecular flexibility index (Phi) is 7.19. The molecular weight excluding hydrogens is 226 g/mol. The Balaban J connectivity index is 4.25. The van der Waals surface area contributed by atoms with Crippen LogP contribution < -0.4 is 0 Å². The minimum Gasteiger partial charge on any atom is -0.391 e. The molecule has 0 aliphatic heterocycles. The van der Waals surface area contributed by atoms with Crippen molar-refractivity contribution in [2.45, 2.75) is 45.3 Å². The summed E-state index contributed by atoms with van der Waals surface area (Å²) in [5, 5.41) is 9.92. The van der Waals surface area contributed by atoms with Gasteiger partial charge in [-0.1, -0.05) is 20.3 Å². The zero-order chi connectivity index (χ0) is 12.8. The Morgan fingerprint density at radius 1 is 1.31 bits per heavy atom. The van der Waals surface area contributed by atoms with Crippen LogP contribution in [-0.4, -0.2) is 56.2 Å². The SMILES string of the molecule is CCCC(O)C(CC)N(C)CCS(C)(=O)=O. The van der Waals surface area contributed by atoms with E-state index in [1.807, 2.05) is 25.8 Å². The van der Waals surface area contributed by atoms with Crippen LogP contribution in [0.15, 0.2) is 0 Å². The van der Waals surface area contributed by atoms with Crippen LogP contribution in [-0.2, 0) is 9.84 Å². The lowest BCUT2D eigenvalue weighted by Gasteiger charge is -2.30. The molecule has 98 valence electrons. The first-order chi connectivity index (χ1) is 7.31. The van der Waals surface area contributed by atoms with Crippen molar-refractivity contribution in [1.29, 1.82) is 0 Å². The molecule has 0 spiro atoms. The fraction of sp³-hybridized carbons (Fsp3) is 1.00. The largest absolute Gasteiger partial charge is 0.391 e. The van der Waals surface area contributed by atoms with E-state index in [1.165, 1.54) is 6.26 Å². The van der Waals surface area contributed by atoms with Crippen LogP contribution in [0.4, 0.5) is 0 Å². The molecule has 1 N–H and O–H groups in total. The summed E-state index contributed by atoms with van der Waals surface area (Å²) in [6, 6.07) is 0.0571. The first-order valence-electron chi connectivity index (χ1n) is 5.87. The van der Waals surface area contributed by atoms with Crippen molar-refractivity contribution in [2.24, 2.45) is 0 Å². The van der Waals surface area contributed by atoms with Crippen molar-refractivity contribution < 1.29 is 13.5 Å². The minimum atomic E-state index is -2.92. The smallest absolute Gasteiger partial charge is 0.148 e. The maximum atomic E-state index is 11.1. The lowest BCUT2D eigenvalue weighted by Crippen LogP contribution is -2.42. The van der Waals surface area contributed by atoms with Crippen molar-refractivity contribution in [3.63, 3.8) is 0 Å². The molecule has 0 saturated carbocycles. The Labute approximate surface area is 99.6 Å². The highest BCUT2D eigenvalue weighted by Gasteiger charge is 2.21. The van der Waals surface area contributed by atoms with E-state index in [0.717, 1.165) is 19.3 Å². The summed E-state index contributed by atoms with van der Waals surface area (Å²) in [7, 11) is -1.05. The summed E-state index contributed by atoms with van der Waals surface area (Å²) in [6.07, 6.45) is 3.42. The van der Waals surface area contributed by atoms with Gasteiger partial charge in [-0.05, 0) is 19.9 Å². The lowest BCUT2D eigenvalue weighted by atomic mass is 10.0. The molecule has 0 rings (SSSR count). The van der Waals surface area contributed by atoms with Gasteiger partial charge in [0.2, 0.25) is 0 Å². The second kappa shape index (κ2) is 7.25. The molecule has 2 unspecified atom stereocenters. The van der Waals surface area contributed by atoms with E-state index in [-0.39, 0.29) is 17.9 Å². The number of sulfone groups is 1. The molecule has 0 aromatic carbocycles. The van der Waals surface area contributed by atoms with Gasteiger partial charge in [0, 0.05) is 18.8 Å². The molecule has 0 amide bonds. The molecule has 0 fully saturated rings. The lowest BCUT2D eigenvalue weighted by molar-refractivity contribution is 0.0571. The molecule has 0 aliphatic rings. The van der Waals surface area contributed by atoms with Gasteiger partial charge < -0.3 is 5.11 Å². The first-order valence-corrected chi connectivity index (χ1v) is 7.93. The van der Waals surface area contributed by atoms with E-state index in [0.29, 0.717) is 6.54 Å². The number of hydrogen-bond donors (Lipinski definition) is 1. The molecular formula is C11H25NO3S. The van der Waals surface area contributed by atoms with Gasteiger partial charge in [0.1, 0.15) is 9.84 Å². The molecule has 0 heterocycles. The normalized spacial score (nSPS) is 16.4. The van der Waals surface area contributed by atoms with Crippen molar-refractivity contribution in [3.05, 3.63) is 0 Å². The van der Waals surface area contributed by atoms with Crippen molar-refractivity contribution in [1.82, 2.24) is 4.90 Å². The molecule has 0 aromatic heterocycles. The third-order valence-electron chi connectivity index (χ3n) is 2.83. The zero-order valence-electron chi connectivity index (χ0n) is 10.8. The van der Waals surface area contributed by atoms with Crippen molar-refractivity contribution in [3.8, 4) is 0 Å². The van der Waals surface area contributed by atoms with E-state index in [2.05, 4.69) is 0 Å². The Morgan fingerprint density at radius 3 is 2.25 bits per heavy atom. The number of aliphatic hydroxyl groups is 1. The second-order valence-electron chi connectivity index (χ2n) is 4.44. The number of likely N-dealkylation sites (N-methyl/N-ethyl adjacent to an activating group) is 1. The molecule has 16 heavy (non-hydrogen) atoms. The summed E-state index contributed by atoms with van der Waals surface area (Å²) >= 11 is 0. The topological polar surface area (TPSA) is 57.6 Å². The third kappa shape index (κ3) is 6.45. The quantitative estimate of drug-likeness (QED) is 0.696. The van der Waals surface area contributed by atoms with Gasteiger partial charge in [-0.2, -0.15) is 0 Å².